The van der Waals surface area contributed by atoms with Gasteiger partial charge in [-0.2, -0.15) is 5.10 Å². The molecule has 104 valence electrons. The Hall–Kier alpha value is -2.24. The normalized spacial score (nSPS) is 19.1. The maximum absolute atomic E-state index is 12.4. The zero-order valence-corrected chi connectivity index (χ0v) is 11.4. The molecule has 6 heteroatoms. The molecule has 1 unspecified atom stereocenters. The lowest BCUT2D eigenvalue weighted by Crippen LogP contribution is -2.41. The van der Waals surface area contributed by atoms with Gasteiger partial charge in [0.05, 0.1) is 17.9 Å². The van der Waals surface area contributed by atoms with E-state index in [2.05, 4.69) is 15.1 Å². The first-order chi connectivity index (χ1) is 9.74. The fourth-order valence-electron chi connectivity index (χ4n) is 2.52. The van der Waals surface area contributed by atoms with Crippen LogP contribution in [0.15, 0.2) is 30.9 Å². The number of amides is 1. The van der Waals surface area contributed by atoms with Crippen molar-refractivity contribution in [2.24, 2.45) is 0 Å². The van der Waals surface area contributed by atoms with Crippen molar-refractivity contribution in [3.63, 3.8) is 0 Å². The van der Waals surface area contributed by atoms with Gasteiger partial charge in [-0.1, -0.05) is 0 Å². The number of aryl methyl sites for hydroxylation is 1. The smallest absolute Gasteiger partial charge is 0.274 e. The second kappa shape index (κ2) is 5.40. The highest BCUT2D eigenvalue weighted by Gasteiger charge is 2.26. The number of hydrogen-bond acceptors (Lipinski definition) is 4. The van der Waals surface area contributed by atoms with Gasteiger partial charge in [0.15, 0.2) is 0 Å². The van der Waals surface area contributed by atoms with Gasteiger partial charge in [0.25, 0.3) is 5.91 Å². The summed E-state index contributed by atoms with van der Waals surface area (Å²) in [6, 6.07) is 2.16. The molecule has 0 aliphatic carbocycles. The van der Waals surface area contributed by atoms with E-state index < -0.39 is 0 Å². The topological polar surface area (TPSA) is 63.9 Å². The predicted molar refractivity (Wildman–Crippen MR) is 73.2 cm³/mol. The summed E-state index contributed by atoms with van der Waals surface area (Å²) < 4.78 is 1.93. The molecule has 1 fully saturated rings. The van der Waals surface area contributed by atoms with E-state index in [1.807, 2.05) is 28.8 Å². The Morgan fingerprint density at radius 3 is 2.95 bits per heavy atom. The van der Waals surface area contributed by atoms with Gasteiger partial charge in [0.2, 0.25) is 0 Å². The summed E-state index contributed by atoms with van der Waals surface area (Å²) in [4.78, 5) is 22.6. The van der Waals surface area contributed by atoms with Crippen LogP contribution in [0.3, 0.4) is 0 Å². The lowest BCUT2D eigenvalue weighted by atomic mass is 10.1. The lowest BCUT2D eigenvalue weighted by Gasteiger charge is -2.32. The molecular formula is C14H17N5O. The third kappa shape index (κ3) is 2.54. The Bertz CT molecular complexity index is 578. The summed E-state index contributed by atoms with van der Waals surface area (Å²) in [5, 5.41) is 4.27. The Labute approximate surface area is 117 Å². The molecule has 0 aromatic carbocycles. The first kappa shape index (κ1) is 12.8. The summed E-state index contributed by atoms with van der Waals surface area (Å²) in [7, 11) is 0. The average Bonchev–Trinajstić information content (AvgIpc) is 3.02. The molecule has 1 amide bonds. The van der Waals surface area contributed by atoms with Crippen molar-refractivity contribution in [1.82, 2.24) is 24.6 Å². The molecule has 3 heterocycles. The zero-order chi connectivity index (χ0) is 13.9. The molecule has 0 N–H and O–H groups in total. The molecular weight excluding hydrogens is 254 g/mol. The van der Waals surface area contributed by atoms with Crippen molar-refractivity contribution in [3.05, 3.63) is 42.2 Å². The number of hydrogen-bond donors (Lipinski definition) is 0. The molecule has 6 nitrogen and oxygen atoms in total. The van der Waals surface area contributed by atoms with Crippen LogP contribution < -0.4 is 0 Å². The minimum absolute atomic E-state index is 0.0469. The van der Waals surface area contributed by atoms with Crippen molar-refractivity contribution < 1.29 is 4.79 Å². The highest BCUT2D eigenvalue weighted by atomic mass is 16.2. The predicted octanol–water partition coefficient (Wildman–Crippen LogP) is 1.46. The second-order valence-electron chi connectivity index (χ2n) is 5.08. The van der Waals surface area contributed by atoms with Crippen LogP contribution in [0.25, 0.3) is 0 Å². The fourth-order valence-corrected chi connectivity index (χ4v) is 2.52. The molecule has 1 aliphatic heterocycles. The number of aromatic nitrogens is 4. The zero-order valence-electron chi connectivity index (χ0n) is 11.4. The maximum atomic E-state index is 12.4. The van der Waals surface area contributed by atoms with Crippen molar-refractivity contribution in [3.8, 4) is 0 Å². The van der Waals surface area contributed by atoms with Crippen molar-refractivity contribution in [2.75, 3.05) is 13.1 Å². The van der Waals surface area contributed by atoms with E-state index in [9.17, 15) is 4.79 Å². The number of likely N-dealkylation sites (tertiary alicyclic amines) is 1. The maximum Gasteiger partial charge on any atom is 0.274 e. The van der Waals surface area contributed by atoms with Crippen LogP contribution in [-0.2, 0) is 0 Å². The minimum Gasteiger partial charge on any atom is -0.335 e. The third-order valence-electron chi connectivity index (χ3n) is 3.58. The number of piperidine rings is 1. The van der Waals surface area contributed by atoms with Gasteiger partial charge in [0.1, 0.15) is 5.69 Å². The number of carbonyl (C=O) groups is 1. The Balaban J connectivity index is 1.73. The van der Waals surface area contributed by atoms with Gasteiger partial charge in [-0.15, -0.1) is 0 Å². The van der Waals surface area contributed by atoms with Gasteiger partial charge in [-0.05, 0) is 25.8 Å². The largest absolute Gasteiger partial charge is 0.335 e. The average molecular weight is 271 g/mol. The van der Waals surface area contributed by atoms with Crippen molar-refractivity contribution >= 4 is 5.91 Å². The van der Waals surface area contributed by atoms with E-state index in [0.717, 1.165) is 25.1 Å². The highest BCUT2D eigenvalue weighted by Crippen LogP contribution is 2.21. The molecule has 0 bridgehead atoms. The lowest BCUT2D eigenvalue weighted by molar-refractivity contribution is 0.0666. The van der Waals surface area contributed by atoms with Gasteiger partial charge >= 0.3 is 0 Å². The number of carbonyl (C=O) groups excluding carboxylic acids is 1. The quantitative estimate of drug-likeness (QED) is 0.829. The molecule has 0 saturated carbocycles. The van der Waals surface area contributed by atoms with E-state index in [4.69, 9.17) is 0 Å². The summed E-state index contributed by atoms with van der Waals surface area (Å²) in [5.41, 5.74) is 1.23. The van der Waals surface area contributed by atoms with Crippen LogP contribution in [0.2, 0.25) is 0 Å². The fraction of sp³-hybridized carbons (Fsp3) is 0.429. The summed E-state index contributed by atoms with van der Waals surface area (Å²) >= 11 is 0. The van der Waals surface area contributed by atoms with Crippen LogP contribution in [-0.4, -0.2) is 43.6 Å². The Kier molecular flexibility index (Phi) is 3.45. The van der Waals surface area contributed by atoms with Gasteiger partial charge in [-0.25, -0.2) is 4.98 Å². The van der Waals surface area contributed by atoms with E-state index in [-0.39, 0.29) is 11.9 Å². The molecule has 2 aromatic rings. The summed E-state index contributed by atoms with van der Waals surface area (Å²) in [5.74, 6) is -0.0469. The molecule has 0 radical (unpaired) electrons. The van der Waals surface area contributed by atoms with Crippen LogP contribution in [0.4, 0.5) is 0 Å². The second-order valence-corrected chi connectivity index (χ2v) is 5.08. The van der Waals surface area contributed by atoms with Crippen LogP contribution in [0.5, 0.6) is 0 Å². The van der Waals surface area contributed by atoms with E-state index in [0.29, 0.717) is 12.2 Å². The first-order valence-corrected chi connectivity index (χ1v) is 6.81. The Morgan fingerprint density at radius 2 is 2.25 bits per heavy atom. The standard InChI is InChI=1S/C14H17N5O/c1-11-8-16-13(9-15-11)14(20)18-6-2-4-12(10-18)19-7-3-5-17-19/h3,5,7-9,12H,2,4,6,10H2,1H3. The SMILES string of the molecule is Cc1cnc(C(=O)N2CCCC(n3cccn3)C2)cn1. The molecule has 20 heavy (non-hydrogen) atoms. The van der Waals surface area contributed by atoms with Gasteiger partial charge in [-0.3, -0.25) is 14.5 Å². The van der Waals surface area contributed by atoms with E-state index >= 15 is 0 Å². The van der Waals surface area contributed by atoms with E-state index in [1.165, 1.54) is 0 Å². The summed E-state index contributed by atoms with van der Waals surface area (Å²) in [6.45, 7) is 3.30. The van der Waals surface area contributed by atoms with Crippen LogP contribution >= 0.6 is 0 Å². The molecule has 1 atom stereocenters. The molecule has 3 rings (SSSR count). The minimum atomic E-state index is -0.0469. The summed E-state index contributed by atoms with van der Waals surface area (Å²) in [6.07, 6.45) is 8.93. The monoisotopic (exact) mass is 271 g/mol. The first-order valence-electron chi connectivity index (χ1n) is 6.81. The van der Waals surface area contributed by atoms with E-state index in [1.54, 1.807) is 18.6 Å². The van der Waals surface area contributed by atoms with Crippen molar-refractivity contribution in [2.45, 2.75) is 25.8 Å². The number of rotatable bonds is 2. The van der Waals surface area contributed by atoms with Gasteiger partial charge in [0, 0.05) is 31.7 Å². The van der Waals surface area contributed by atoms with Gasteiger partial charge < -0.3 is 4.90 Å². The highest BCUT2D eigenvalue weighted by molar-refractivity contribution is 5.92. The molecule has 1 aliphatic rings. The van der Waals surface area contributed by atoms with Crippen LogP contribution in [0.1, 0.15) is 35.1 Å². The molecule has 0 spiro atoms. The Morgan fingerprint density at radius 1 is 1.35 bits per heavy atom. The molecule has 2 aromatic heterocycles. The van der Waals surface area contributed by atoms with Crippen LogP contribution in [0, 0.1) is 6.92 Å². The third-order valence-corrected chi connectivity index (χ3v) is 3.58. The van der Waals surface area contributed by atoms with Crippen molar-refractivity contribution in [1.29, 1.82) is 0 Å². The number of nitrogens with zero attached hydrogens (tertiary/aromatic N) is 5. The molecule has 1 saturated heterocycles.